The van der Waals surface area contributed by atoms with Gasteiger partial charge in [-0.05, 0) is 60.6 Å². The van der Waals surface area contributed by atoms with Crippen LogP contribution < -0.4 is 4.90 Å². The summed E-state index contributed by atoms with van der Waals surface area (Å²) in [4.78, 5) is 14.3. The van der Waals surface area contributed by atoms with E-state index in [1.807, 2.05) is 19.1 Å². The van der Waals surface area contributed by atoms with Gasteiger partial charge in [-0.25, -0.2) is 4.39 Å². The van der Waals surface area contributed by atoms with Gasteiger partial charge in [-0.3, -0.25) is 9.69 Å². The van der Waals surface area contributed by atoms with Crippen LogP contribution in [0.3, 0.4) is 0 Å². The lowest BCUT2D eigenvalue weighted by atomic mass is 10.1. The van der Waals surface area contributed by atoms with E-state index in [9.17, 15) is 14.3 Å². The van der Waals surface area contributed by atoms with Crippen LogP contribution in [0.25, 0.3) is 0 Å². The fraction of sp³-hybridized carbons (Fsp3) is 0.409. The van der Waals surface area contributed by atoms with Crippen molar-refractivity contribution in [3.63, 3.8) is 0 Å². The fourth-order valence-electron chi connectivity index (χ4n) is 3.60. The van der Waals surface area contributed by atoms with Crippen molar-refractivity contribution in [3.8, 4) is 0 Å². The highest BCUT2D eigenvalue weighted by atomic mass is 32.2. The molecule has 0 aromatic heterocycles. The molecule has 4 atom stereocenters. The molecule has 1 aliphatic carbocycles. The van der Waals surface area contributed by atoms with Gasteiger partial charge in [0.1, 0.15) is 11.2 Å². The summed E-state index contributed by atoms with van der Waals surface area (Å²) in [5.74, 6) is 1.34. The zero-order valence-corrected chi connectivity index (χ0v) is 16.8. The predicted molar refractivity (Wildman–Crippen MR) is 108 cm³/mol. The minimum absolute atomic E-state index is 0.0229. The molecular weight excluding hydrogens is 377 g/mol. The molecule has 148 valence electrons. The van der Waals surface area contributed by atoms with E-state index < -0.39 is 6.29 Å². The van der Waals surface area contributed by atoms with Crippen molar-refractivity contribution in [2.24, 2.45) is 11.8 Å². The van der Waals surface area contributed by atoms with Crippen LogP contribution in [-0.4, -0.2) is 23.4 Å². The third-order valence-corrected chi connectivity index (χ3v) is 6.75. The van der Waals surface area contributed by atoms with Crippen molar-refractivity contribution in [2.45, 2.75) is 31.9 Å². The molecular formula is C22H24FNO3S. The van der Waals surface area contributed by atoms with Crippen LogP contribution in [0, 0.1) is 24.6 Å². The number of benzene rings is 2. The van der Waals surface area contributed by atoms with Crippen molar-refractivity contribution < 1.29 is 19.0 Å². The molecule has 1 saturated heterocycles. The third-order valence-electron chi connectivity index (χ3n) is 5.53. The number of nitrogens with zero attached hydrogens (tertiary/aromatic N) is 1. The Balaban J connectivity index is 1.53. The standard InChI is InChI=1S/C22H24FNO3S/c1-13-9-17(13)11-27-22(26)16-5-8-19(14(2)10-16)24-20(25)12-28-21(24)15-3-6-18(23)7-4-15/h3-8,10,13,17,21-22,26H,9,11-12H2,1-2H3. The number of aliphatic hydroxyl groups excluding tert-OH is 1. The highest BCUT2D eigenvalue weighted by molar-refractivity contribution is 8.00. The van der Waals surface area contributed by atoms with Crippen molar-refractivity contribution in [1.29, 1.82) is 0 Å². The molecule has 6 heteroatoms. The average Bonchev–Trinajstić information content (AvgIpc) is 3.26. The Morgan fingerprint density at radius 3 is 2.64 bits per heavy atom. The topological polar surface area (TPSA) is 49.8 Å². The van der Waals surface area contributed by atoms with Gasteiger partial charge in [0.25, 0.3) is 0 Å². The van der Waals surface area contributed by atoms with E-state index in [1.54, 1.807) is 23.1 Å². The lowest BCUT2D eigenvalue weighted by Gasteiger charge is -2.26. The van der Waals surface area contributed by atoms with E-state index in [4.69, 9.17) is 4.74 Å². The van der Waals surface area contributed by atoms with Crippen molar-refractivity contribution in [1.82, 2.24) is 0 Å². The summed E-state index contributed by atoms with van der Waals surface area (Å²) >= 11 is 1.53. The largest absolute Gasteiger partial charge is 0.364 e. The molecule has 0 bridgehead atoms. The van der Waals surface area contributed by atoms with E-state index in [-0.39, 0.29) is 17.1 Å². The van der Waals surface area contributed by atoms with Crippen LogP contribution in [0.5, 0.6) is 0 Å². The Bertz CT molecular complexity index is 873. The zero-order valence-electron chi connectivity index (χ0n) is 16.0. The number of aliphatic hydroxyl groups is 1. The lowest BCUT2D eigenvalue weighted by molar-refractivity contribution is -0.115. The number of ether oxygens (including phenoxy) is 1. The Morgan fingerprint density at radius 1 is 1.29 bits per heavy atom. The minimum Gasteiger partial charge on any atom is -0.364 e. The van der Waals surface area contributed by atoms with Crippen molar-refractivity contribution >= 4 is 23.4 Å². The number of hydrogen-bond acceptors (Lipinski definition) is 4. The third kappa shape index (κ3) is 3.95. The van der Waals surface area contributed by atoms with E-state index >= 15 is 0 Å². The first-order chi connectivity index (χ1) is 13.4. The number of rotatable bonds is 6. The minimum atomic E-state index is -0.961. The molecule has 28 heavy (non-hydrogen) atoms. The molecule has 0 radical (unpaired) electrons. The molecule has 1 heterocycles. The molecule has 1 N–H and O–H groups in total. The number of halogens is 1. The van der Waals surface area contributed by atoms with Gasteiger partial charge in [0.05, 0.1) is 12.4 Å². The van der Waals surface area contributed by atoms with Gasteiger partial charge >= 0.3 is 0 Å². The maximum Gasteiger partial charge on any atom is 0.238 e. The number of anilines is 1. The number of carbonyl (C=O) groups is 1. The van der Waals surface area contributed by atoms with Crippen LogP contribution in [-0.2, 0) is 9.53 Å². The quantitative estimate of drug-likeness (QED) is 0.720. The van der Waals surface area contributed by atoms with Crippen LogP contribution in [0.15, 0.2) is 42.5 Å². The summed E-state index contributed by atoms with van der Waals surface area (Å²) in [6, 6.07) is 11.8. The predicted octanol–water partition coefficient (Wildman–Crippen LogP) is 4.58. The monoisotopic (exact) mass is 401 g/mol. The fourth-order valence-corrected chi connectivity index (χ4v) is 4.77. The van der Waals surface area contributed by atoms with Crippen LogP contribution in [0.2, 0.25) is 0 Å². The van der Waals surface area contributed by atoms with Gasteiger partial charge in [-0.2, -0.15) is 0 Å². The second-order valence-corrected chi connectivity index (χ2v) is 8.75. The smallest absolute Gasteiger partial charge is 0.238 e. The van der Waals surface area contributed by atoms with Crippen LogP contribution in [0.4, 0.5) is 10.1 Å². The molecule has 1 aliphatic heterocycles. The maximum atomic E-state index is 13.3. The van der Waals surface area contributed by atoms with Gasteiger partial charge in [-0.1, -0.05) is 25.1 Å². The van der Waals surface area contributed by atoms with Gasteiger partial charge in [0.15, 0.2) is 6.29 Å². The van der Waals surface area contributed by atoms with Gasteiger partial charge in [0.2, 0.25) is 5.91 Å². The Hall–Kier alpha value is -1.89. The Morgan fingerprint density at radius 2 is 2.00 bits per heavy atom. The second kappa shape index (κ2) is 7.85. The SMILES string of the molecule is Cc1cc(C(O)OCC2CC2C)ccc1N1C(=O)CSC1c1ccc(F)cc1. The first-order valence-corrected chi connectivity index (χ1v) is 10.6. The molecule has 2 aliphatic rings. The summed E-state index contributed by atoms with van der Waals surface area (Å²) < 4.78 is 18.9. The normalized spacial score (nSPS) is 25.2. The van der Waals surface area contributed by atoms with Gasteiger partial charge in [0, 0.05) is 11.3 Å². The molecule has 2 fully saturated rings. The van der Waals surface area contributed by atoms with Gasteiger partial charge in [-0.15, -0.1) is 11.8 Å². The number of hydrogen-bond donors (Lipinski definition) is 1. The van der Waals surface area contributed by atoms with E-state index in [2.05, 4.69) is 6.92 Å². The number of carbonyl (C=O) groups excluding carboxylic acids is 1. The van der Waals surface area contributed by atoms with E-state index in [1.165, 1.54) is 23.9 Å². The van der Waals surface area contributed by atoms with Crippen LogP contribution >= 0.6 is 11.8 Å². The average molecular weight is 402 g/mol. The summed E-state index contributed by atoms with van der Waals surface area (Å²) in [7, 11) is 0. The number of thioether (sulfide) groups is 1. The summed E-state index contributed by atoms with van der Waals surface area (Å²) in [6.07, 6.45) is 0.196. The Labute approximate surface area is 168 Å². The molecule has 0 spiro atoms. The van der Waals surface area contributed by atoms with Crippen LogP contribution in [0.1, 0.15) is 41.7 Å². The molecule has 2 aromatic rings. The highest BCUT2D eigenvalue weighted by Gasteiger charge is 2.35. The number of amides is 1. The van der Waals surface area contributed by atoms with Gasteiger partial charge < -0.3 is 9.84 Å². The van der Waals surface area contributed by atoms with Crippen molar-refractivity contribution in [2.75, 3.05) is 17.3 Å². The molecule has 1 amide bonds. The Kier molecular flexibility index (Phi) is 5.45. The molecule has 4 rings (SSSR count). The first kappa shape index (κ1) is 19.4. The molecule has 1 saturated carbocycles. The van der Waals surface area contributed by atoms with E-state index in [0.29, 0.717) is 29.8 Å². The molecule has 4 unspecified atom stereocenters. The second-order valence-electron chi connectivity index (χ2n) is 7.68. The lowest BCUT2D eigenvalue weighted by Crippen LogP contribution is -2.28. The first-order valence-electron chi connectivity index (χ1n) is 9.53. The molecule has 2 aromatic carbocycles. The zero-order chi connectivity index (χ0) is 19.8. The maximum absolute atomic E-state index is 13.3. The molecule has 4 nitrogen and oxygen atoms in total. The summed E-state index contributed by atoms with van der Waals surface area (Å²) in [5, 5.41) is 10.1. The summed E-state index contributed by atoms with van der Waals surface area (Å²) in [5.41, 5.74) is 3.27. The van der Waals surface area contributed by atoms with E-state index in [0.717, 1.165) is 23.2 Å². The van der Waals surface area contributed by atoms with Crippen molar-refractivity contribution in [3.05, 3.63) is 65.0 Å². The highest BCUT2D eigenvalue weighted by Crippen LogP contribution is 2.43. The summed E-state index contributed by atoms with van der Waals surface area (Å²) in [6.45, 7) is 4.67. The number of aryl methyl sites for hydroxylation is 1.